The van der Waals surface area contributed by atoms with Crippen LogP contribution in [0.25, 0.3) is 10.9 Å². The molecule has 0 radical (unpaired) electrons. The number of benzene rings is 1. The van der Waals surface area contributed by atoms with Gasteiger partial charge in [0.1, 0.15) is 5.69 Å². The van der Waals surface area contributed by atoms with Crippen LogP contribution in [0.5, 0.6) is 0 Å². The number of aryl methyl sites for hydroxylation is 1. The van der Waals surface area contributed by atoms with Crippen molar-refractivity contribution in [1.29, 1.82) is 0 Å². The summed E-state index contributed by atoms with van der Waals surface area (Å²) in [4.78, 5) is 18.2. The number of para-hydroxylation sites is 1. The lowest BCUT2D eigenvalue weighted by Crippen LogP contribution is -2.51. The van der Waals surface area contributed by atoms with Gasteiger partial charge in [-0.1, -0.05) is 23.4 Å². The first-order valence-electron chi connectivity index (χ1n) is 10.3. The summed E-state index contributed by atoms with van der Waals surface area (Å²) >= 11 is 4.96. The first kappa shape index (κ1) is 20.0. The fourth-order valence-electron chi connectivity index (χ4n) is 4.31. The Kier molecular flexibility index (Phi) is 5.69. The molecule has 3 aromatic rings. The van der Waals surface area contributed by atoms with E-state index in [9.17, 15) is 4.79 Å². The Morgan fingerprint density at radius 3 is 2.97 bits per heavy atom. The molecule has 1 amide bonds. The molecule has 1 unspecified atom stereocenters. The van der Waals surface area contributed by atoms with Gasteiger partial charge in [0.05, 0.1) is 17.1 Å². The predicted molar refractivity (Wildman–Crippen MR) is 117 cm³/mol. The van der Waals surface area contributed by atoms with Gasteiger partial charge in [0.15, 0.2) is 5.76 Å². The first-order valence-corrected chi connectivity index (χ1v) is 10.7. The SMILES string of the molecule is CCN(C(=O)c1cc2ccccc2[nH]1)[C@H]1CCCC(S)(NCc2cc(C)no2)C1. The molecule has 0 aliphatic heterocycles. The van der Waals surface area contributed by atoms with Gasteiger partial charge in [-0.05, 0) is 51.7 Å². The number of carbonyl (C=O) groups is 1. The zero-order valence-electron chi connectivity index (χ0n) is 16.9. The lowest BCUT2D eigenvalue weighted by atomic mass is 9.88. The summed E-state index contributed by atoms with van der Waals surface area (Å²) in [5.41, 5.74) is 2.51. The number of aromatic nitrogens is 2. The second-order valence-electron chi connectivity index (χ2n) is 7.93. The highest BCUT2D eigenvalue weighted by molar-refractivity contribution is 7.81. The molecule has 2 heterocycles. The number of amides is 1. The largest absolute Gasteiger partial charge is 0.360 e. The molecular formula is C22H28N4O2S. The summed E-state index contributed by atoms with van der Waals surface area (Å²) in [6.45, 7) is 5.21. The lowest BCUT2D eigenvalue weighted by Gasteiger charge is -2.42. The summed E-state index contributed by atoms with van der Waals surface area (Å²) in [7, 11) is 0. The Morgan fingerprint density at radius 2 is 2.24 bits per heavy atom. The minimum absolute atomic E-state index is 0.0529. The van der Waals surface area contributed by atoms with Crippen LogP contribution in [0, 0.1) is 6.92 Å². The third kappa shape index (κ3) is 4.36. The van der Waals surface area contributed by atoms with Crippen LogP contribution in [0.4, 0.5) is 0 Å². The third-order valence-electron chi connectivity index (χ3n) is 5.77. The molecule has 1 aliphatic carbocycles. The minimum atomic E-state index is -0.336. The van der Waals surface area contributed by atoms with E-state index in [-0.39, 0.29) is 16.8 Å². The van der Waals surface area contributed by atoms with Crippen molar-refractivity contribution in [2.45, 2.75) is 57.0 Å². The molecule has 1 aliphatic rings. The standard InChI is InChI=1S/C22H28N4O2S/c1-3-26(21(27)20-12-16-7-4-5-9-19(16)24-20)17-8-6-10-22(29,13-17)23-14-18-11-15(2)25-28-18/h4-5,7,9,11-12,17,23-24,29H,3,6,8,10,13-14H2,1-2H3/t17-,22?/m0/s1. The summed E-state index contributed by atoms with van der Waals surface area (Å²) in [5.74, 6) is 0.858. The molecule has 0 bridgehead atoms. The van der Waals surface area contributed by atoms with Gasteiger partial charge in [0.2, 0.25) is 0 Å². The van der Waals surface area contributed by atoms with Crippen LogP contribution < -0.4 is 5.32 Å². The molecule has 0 saturated heterocycles. The molecular weight excluding hydrogens is 384 g/mol. The number of nitrogens with zero attached hydrogens (tertiary/aromatic N) is 2. The van der Waals surface area contributed by atoms with Crippen molar-refractivity contribution < 1.29 is 9.32 Å². The van der Waals surface area contributed by atoms with E-state index in [0.29, 0.717) is 18.8 Å². The summed E-state index contributed by atoms with van der Waals surface area (Å²) in [6.07, 6.45) is 3.76. The molecule has 7 heteroatoms. The molecule has 29 heavy (non-hydrogen) atoms. The maximum absolute atomic E-state index is 13.3. The summed E-state index contributed by atoms with van der Waals surface area (Å²) in [6, 6.07) is 12.0. The Morgan fingerprint density at radius 1 is 1.41 bits per heavy atom. The molecule has 4 rings (SSSR count). The quantitative estimate of drug-likeness (QED) is 0.417. The van der Waals surface area contributed by atoms with E-state index in [4.69, 9.17) is 17.2 Å². The molecule has 1 aromatic carbocycles. The van der Waals surface area contributed by atoms with Crippen molar-refractivity contribution >= 4 is 29.4 Å². The van der Waals surface area contributed by atoms with E-state index in [1.165, 1.54) is 0 Å². The van der Waals surface area contributed by atoms with Crippen LogP contribution in [0.2, 0.25) is 0 Å². The number of rotatable bonds is 6. The topological polar surface area (TPSA) is 74.2 Å². The monoisotopic (exact) mass is 412 g/mol. The van der Waals surface area contributed by atoms with Crippen LogP contribution in [0.15, 0.2) is 40.9 Å². The van der Waals surface area contributed by atoms with Gasteiger partial charge in [-0.15, -0.1) is 0 Å². The van der Waals surface area contributed by atoms with E-state index in [2.05, 4.69) is 15.5 Å². The smallest absolute Gasteiger partial charge is 0.270 e. The van der Waals surface area contributed by atoms with Crippen LogP contribution >= 0.6 is 12.6 Å². The average molecular weight is 413 g/mol. The molecule has 2 aromatic heterocycles. The molecule has 2 N–H and O–H groups in total. The van der Waals surface area contributed by atoms with E-state index >= 15 is 0 Å². The van der Waals surface area contributed by atoms with Gasteiger partial charge in [-0.25, -0.2) is 0 Å². The van der Waals surface area contributed by atoms with E-state index < -0.39 is 0 Å². The number of hydrogen-bond donors (Lipinski definition) is 3. The van der Waals surface area contributed by atoms with Crippen LogP contribution in [-0.2, 0) is 6.54 Å². The maximum atomic E-state index is 13.3. The van der Waals surface area contributed by atoms with Gasteiger partial charge >= 0.3 is 0 Å². The first-order chi connectivity index (χ1) is 14.0. The second-order valence-corrected chi connectivity index (χ2v) is 8.79. The van der Waals surface area contributed by atoms with Crippen molar-refractivity contribution in [1.82, 2.24) is 20.4 Å². The predicted octanol–water partition coefficient (Wildman–Crippen LogP) is 4.28. The third-order valence-corrected chi connectivity index (χ3v) is 6.34. The van der Waals surface area contributed by atoms with E-state index in [1.54, 1.807) is 0 Å². The zero-order valence-corrected chi connectivity index (χ0v) is 17.8. The molecule has 2 atom stereocenters. The van der Waals surface area contributed by atoms with Crippen molar-refractivity contribution in [2.24, 2.45) is 0 Å². The highest BCUT2D eigenvalue weighted by atomic mass is 32.1. The number of thiol groups is 1. The highest BCUT2D eigenvalue weighted by Crippen LogP contribution is 2.35. The number of H-pyrrole nitrogens is 1. The van der Waals surface area contributed by atoms with Gasteiger partial charge in [0, 0.05) is 29.6 Å². The summed E-state index contributed by atoms with van der Waals surface area (Å²) < 4.78 is 5.31. The Bertz CT molecular complexity index is 965. The number of carbonyl (C=O) groups excluding carboxylic acids is 1. The second kappa shape index (κ2) is 8.24. The number of hydrogen-bond acceptors (Lipinski definition) is 5. The van der Waals surface area contributed by atoms with Crippen molar-refractivity contribution in [2.75, 3.05) is 6.54 Å². The van der Waals surface area contributed by atoms with Crippen LogP contribution in [0.1, 0.15) is 54.5 Å². The van der Waals surface area contributed by atoms with E-state index in [0.717, 1.165) is 48.0 Å². The van der Waals surface area contributed by atoms with Gasteiger partial charge < -0.3 is 14.4 Å². The molecule has 6 nitrogen and oxygen atoms in total. The molecule has 154 valence electrons. The lowest BCUT2D eigenvalue weighted by molar-refractivity contribution is 0.0611. The van der Waals surface area contributed by atoms with Gasteiger partial charge in [-0.3, -0.25) is 10.1 Å². The molecule has 0 spiro atoms. The fourth-order valence-corrected chi connectivity index (χ4v) is 4.76. The fraction of sp³-hybridized carbons (Fsp3) is 0.455. The van der Waals surface area contributed by atoms with Crippen molar-refractivity contribution in [3.8, 4) is 0 Å². The van der Waals surface area contributed by atoms with Crippen molar-refractivity contribution in [3.63, 3.8) is 0 Å². The summed E-state index contributed by atoms with van der Waals surface area (Å²) in [5, 5.41) is 8.52. The van der Waals surface area contributed by atoms with Crippen LogP contribution in [0.3, 0.4) is 0 Å². The number of nitrogens with one attached hydrogen (secondary N) is 2. The van der Waals surface area contributed by atoms with Gasteiger partial charge in [-0.2, -0.15) is 12.6 Å². The normalized spacial score (nSPS) is 22.1. The highest BCUT2D eigenvalue weighted by Gasteiger charge is 2.37. The Balaban J connectivity index is 1.46. The average Bonchev–Trinajstić information content (AvgIpc) is 3.33. The van der Waals surface area contributed by atoms with Gasteiger partial charge in [0.25, 0.3) is 5.91 Å². The van der Waals surface area contributed by atoms with E-state index in [1.807, 2.05) is 55.1 Å². The molecule has 1 fully saturated rings. The zero-order chi connectivity index (χ0) is 20.4. The Labute approximate surface area is 176 Å². The number of fused-ring (bicyclic) bond motifs is 1. The van der Waals surface area contributed by atoms with Crippen molar-refractivity contribution in [3.05, 3.63) is 53.5 Å². The number of aromatic amines is 1. The molecule has 1 saturated carbocycles. The Hall–Kier alpha value is -2.25. The minimum Gasteiger partial charge on any atom is -0.360 e. The van der Waals surface area contributed by atoms with Crippen LogP contribution in [-0.4, -0.2) is 38.4 Å². The maximum Gasteiger partial charge on any atom is 0.270 e.